The van der Waals surface area contributed by atoms with Gasteiger partial charge in [-0.05, 0) is 0 Å². The molecule has 0 aliphatic rings. The van der Waals surface area contributed by atoms with Gasteiger partial charge in [0.1, 0.15) is 0 Å². The maximum absolute atomic E-state index is 13.2. The number of hydrogen-bond acceptors (Lipinski definition) is 2. The molecule has 184 valence electrons. The van der Waals surface area contributed by atoms with Crippen LogP contribution in [0.4, 0.5) is 0 Å². The van der Waals surface area contributed by atoms with Crippen molar-refractivity contribution in [1.29, 1.82) is 0 Å². The Bertz CT molecular complexity index is 531. The quantitative estimate of drug-likeness (QED) is 0.148. The van der Waals surface area contributed by atoms with Crippen molar-refractivity contribution in [3.8, 4) is 0 Å². The second kappa shape index (κ2) is 13.9. The second-order valence-electron chi connectivity index (χ2n) is 12.2. The van der Waals surface area contributed by atoms with E-state index < -0.39 is 26.7 Å². The third-order valence-corrected chi connectivity index (χ3v) is 28.2. The summed E-state index contributed by atoms with van der Waals surface area (Å²) in [6, 6.07) is 0. The van der Waals surface area contributed by atoms with Gasteiger partial charge in [-0.1, -0.05) is 0 Å². The zero-order chi connectivity index (χ0) is 24.3. The number of carbonyl (C=O) groups is 1. The molecule has 0 radical (unpaired) electrons. The molecule has 0 aromatic heterocycles. The molecule has 2 nitrogen and oxygen atoms in total. The first-order valence-corrected chi connectivity index (χ1v) is 23.4. The van der Waals surface area contributed by atoms with Crippen LogP contribution in [0.3, 0.4) is 0 Å². The number of rotatable bonds is 15. The Morgan fingerprint density at radius 3 is 1.58 bits per heavy atom. The van der Waals surface area contributed by atoms with Gasteiger partial charge in [-0.2, -0.15) is 0 Å². The van der Waals surface area contributed by atoms with E-state index in [1.807, 2.05) is 0 Å². The standard InChI is InChI=1S/C15H29O2Si.3C4H9.Sn/c1-14(2,3)13(16)11-9-10-12-17-18(7,8)15(4,5)6;3*1-3-4-2;/h11H,10,12H2,1-8H3;3*1,3-4H2,2H3;. The Hall–Kier alpha value is 0.386. The molecule has 0 heterocycles. The van der Waals surface area contributed by atoms with Gasteiger partial charge >= 0.3 is 202 Å². The molecule has 0 aromatic rings. The normalized spacial score (nSPS) is 14.2. The minimum absolute atomic E-state index is 0.227. The van der Waals surface area contributed by atoms with Crippen LogP contribution < -0.4 is 0 Å². The molecule has 0 amide bonds. The first-order chi connectivity index (χ1) is 14.2. The molecule has 0 fully saturated rings. The molecular weight excluding hydrogens is 503 g/mol. The summed E-state index contributed by atoms with van der Waals surface area (Å²) < 4.78 is 12.4. The summed E-state index contributed by atoms with van der Waals surface area (Å²) in [6.07, 6.45) is 10.9. The van der Waals surface area contributed by atoms with E-state index in [1.54, 1.807) is 3.59 Å². The fourth-order valence-corrected chi connectivity index (χ4v) is 21.7. The van der Waals surface area contributed by atoms with Gasteiger partial charge in [0.25, 0.3) is 0 Å². The molecule has 31 heavy (non-hydrogen) atoms. The Morgan fingerprint density at radius 2 is 1.26 bits per heavy atom. The summed E-state index contributed by atoms with van der Waals surface area (Å²) in [6.45, 7) is 25.6. The van der Waals surface area contributed by atoms with Crippen LogP contribution in [0, 0.1) is 5.41 Å². The van der Waals surface area contributed by atoms with Gasteiger partial charge < -0.3 is 0 Å². The average molecular weight is 560 g/mol. The van der Waals surface area contributed by atoms with E-state index in [9.17, 15) is 4.79 Å². The van der Waals surface area contributed by atoms with E-state index in [0.717, 1.165) is 13.0 Å². The van der Waals surface area contributed by atoms with Crippen molar-refractivity contribution in [2.45, 2.75) is 139 Å². The zero-order valence-electron chi connectivity index (χ0n) is 23.2. The molecule has 0 N–H and O–H groups in total. The van der Waals surface area contributed by atoms with Gasteiger partial charge in [-0.15, -0.1) is 0 Å². The second-order valence-corrected chi connectivity index (χ2v) is 30.5. The van der Waals surface area contributed by atoms with Gasteiger partial charge in [0.15, 0.2) is 0 Å². The van der Waals surface area contributed by atoms with Crippen molar-refractivity contribution in [3.05, 3.63) is 9.67 Å². The molecule has 0 aliphatic heterocycles. The van der Waals surface area contributed by atoms with Gasteiger partial charge in [0, 0.05) is 0 Å². The molecule has 0 aromatic carbocycles. The number of unbranched alkanes of at least 4 members (excludes halogenated alkanes) is 3. The molecule has 0 spiro atoms. The summed E-state index contributed by atoms with van der Waals surface area (Å²) >= 11 is -2.64. The Kier molecular flexibility index (Phi) is 14.1. The average Bonchev–Trinajstić information content (AvgIpc) is 2.65. The Labute approximate surface area is 201 Å². The first-order valence-electron chi connectivity index (χ1n) is 13.1. The third-order valence-electron chi connectivity index (χ3n) is 7.39. The van der Waals surface area contributed by atoms with Gasteiger partial charge in [0.05, 0.1) is 0 Å². The van der Waals surface area contributed by atoms with Crippen molar-refractivity contribution in [2.24, 2.45) is 5.41 Å². The number of allylic oxidation sites excluding steroid dienone is 1. The Morgan fingerprint density at radius 1 is 0.839 bits per heavy atom. The Balaban J connectivity index is 6.09. The predicted molar refractivity (Wildman–Crippen MR) is 145 cm³/mol. The van der Waals surface area contributed by atoms with Crippen LogP contribution in [0.5, 0.6) is 0 Å². The SMILES string of the molecule is CCC[CH2][Sn]([CH2]CCC)([CH2]CCC)/[C](=C\C(=O)C(C)(C)C)CCO[Si](C)(C)C(C)(C)C. The molecule has 0 rings (SSSR count). The molecule has 0 bridgehead atoms. The topological polar surface area (TPSA) is 26.3 Å². The van der Waals surface area contributed by atoms with Crippen LogP contribution in [0.15, 0.2) is 9.67 Å². The van der Waals surface area contributed by atoms with Crippen molar-refractivity contribution in [1.82, 2.24) is 0 Å². The maximum atomic E-state index is 13.2. The zero-order valence-corrected chi connectivity index (χ0v) is 27.0. The van der Waals surface area contributed by atoms with Crippen molar-refractivity contribution < 1.29 is 9.22 Å². The predicted octanol–water partition coefficient (Wildman–Crippen LogP) is 9.33. The number of hydrogen-bond donors (Lipinski definition) is 0. The number of carbonyl (C=O) groups excluding carboxylic acids is 1. The molecule has 0 aliphatic carbocycles. The summed E-state index contributed by atoms with van der Waals surface area (Å²) in [7, 11) is -1.77. The van der Waals surface area contributed by atoms with Crippen molar-refractivity contribution >= 4 is 32.5 Å². The molecule has 0 atom stereocenters. The van der Waals surface area contributed by atoms with Crippen LogP contribution >= 0.6 is 0 Å². The van der Waals surface area contributed by atoms with Crippen molar-refractivity contribution in [3.63, 3.8) is 0 Å². The van der Waals surface area contributed by atoms with E-state index in [2.05, 4.69) is 81.5 Å². The molecule has 0 unspecified atom stereocenters. The van der Waals surface area contributed by atoms with Crippen LogP contribution in [0.1, 0.15) is 107 Å². The van der Waals surface area contributed by atoms with Crippen LogP contribution in [-0.2, 0) is 9.22 Å². The van der Waals surface area contributed by atoms with E-state index >= 15 is 0 Å². The van der Waals surface area contributed by atoms with Gasteiger partial charge in [-0.25, -0.2) is 0 Å². The van der Waals surface area contributed by atoms with E-state index in [0.29, 0.717) is 5.78 Å². The molecule has 0 saturated heterocycles. The van der Waals surface area contributed by atoms with E-state index in [1.165, 1.54) is 51.8 Å². The molecular formula is C27H56O2SiSn. The van der Waals surface area contributed by atoms with Gasteiger partial charge in [-0.3, -0.25) is 0 Å². The van der Waals surface area contributed by atoms with E-state index in [-0.39, 0.29) is 10.5 Å². The van der Waals surface area contributed by atoms with Crippen molar-refractivity contribution in [2.75, 3.05) is 6.61 Å². The van der Waals surface area contributed by atoms with Gasteiger partial charge in [0.2, 0.25) is 0 Å². The number of ketones is 1. The third kappa shape index (κ3) is 10.9. The fourth-order valence-electron chi connectivity index (χ4n) is 3.90. The molecule has 0 saturated carbocycles. The first kappa shape index (κ1) is 31.4. The van der Waals surface area contributed by atoms with Crippen LogP contribution in [0.2, 0.25) is 31.4 Å². The summed E-state index contributed by atoms with van der Waals surface area (Å²) in [5.74, 6) is 0.320. The molecule has 4 heteroatoms. The summed E-state index contributed by atoms with van der Waals surface area (Å²) in [4.78, 5) is 13.2. The fraction of sp³-hybridized carbons (Fsp3) is 0.889. The monoisotopic (exact) mass is 560 g/mol. The van der Waals surface area contributed by atoms with Crippen LogP contribution in [-0.4, -0.2) is 39.1 Å². The van der Waals surface area contributed by atoms with E-state index in [4.69, 9.17) is 4.43 Å². The van der Waals surface area contributed by atoms with Crippen LogP contribution in [0.25, 0.3) is 0 Å². The minimum atomic E-state index is -2.64. The summed E-state index contributed by atoms with van der Waals surface area (Å²) in [5.41, 5.74) is -0.302. The summed E-state index contributed by atoms with van der Waals surface area (Å²) in [5, 5.41) is 0.227.